The summed E-state index contributed by atoms with van der Waals surface area (Å²) >= 11 is 0. The fourth-order valence-corrected chi connectivity index (χ4v) is 3.31. The first-order valence-electron chi connectivity index (χ1n) is 7.68. The zero-order valence-electron chi connectivity index (χ0n) is 12.9. The maximum Gasteiger partial charge on any atom is 0.136 e. The van der Waals surface area contributed by atoms with Gasteiger partial charge in [-0.3, -0.25) is 0 Å². The van der Waals surface area contributed by atoms with Gasteiger partial charge in [0.2, 0.25) is 0 Å². The number of aromatic nitrogens is 1. The van der Waals surface area contributed by atoms with Gasteiger partial charge in [-0.2, -0.15) is 0 Å². The third kappa shape index (κ3) is 2.74. The normalized spacial score (nSPS) is 19.9. The fraction of sp³-hybridized carbons (Fsp3) is 0.471. The van der Waals surface area contributed by atoms with Gasteiger partial charge in [-0.25, -0.2) is 4.98 Å². The van der Waals surface area contributed by atoms with Gasteiger partial charge in [-0.05, 0) is 37.4 Å². The minimum Gasteiger partial charge on any atom is -0.355 e. The molecule has 1 fully saturated rings. The summed E-state index contributed by atoms with van der Waals surface area (Å²) < 4.78 is 0. The second kappa shape index (κ2) is 6.00. The van der Waals surface area contributed by atoms with Crippen LogP contribution in [-0.4, -0.2) is 43.1 Å². The van der Waals surface area contributed by atoms with Crippen LogP contribution in [0.4, 0.5) is 5.82 Å². The molecule has 4 heteroatoms. The Morgan fingerprint density at radius 3 is 2.81 bits per heavy atom. The summed E-state index contributed by atoms with van der Waals surface area (Å²) in [4.78, 5) is 9.45. The lowest BCUT2D eigenvalue weighted by atomic mass is 10.0. The van der Waals surface area contributed by atoms with Gasteiger partial charge in [0, 0.05) is 37.8 Å². The van der Waals surface area contributed by atoms with Crippen molar-refractivity contribution in [2.75, 3.05) is 32.1 Å². The Morgan fingerprint density at radius 1 is 1.33 bits per heavy atom. The van der Waals surface area contributed by atoms with Crippen molar-refractivity contribution < 1.29 is 0 Å². The summed E-state index contributed by atoms with van der Waals surface area (Å²) in [5.41, 5.74) is 6.96. The largest absolute Gasteiger partial charge is 0.355 e. The van der Waals surface area contributed by atoms with Crippen LogP contribution in [-0.2, 0) is 6.54 Å². The molecule has 0 aliphatic carbocycles. The van der Waals surface area contributed by atoms with E-state index < -0.39 is 0 Å². The van der Waals surface area contributed by atoms with E-state index in [1.807, 2.05) is 6.20 Å². The van der Waals surface area contributed by atoms with Gasteiger partial charge in [-0.15, -0.1) is 0 Å². The minimum atomic E-state index is 0.531. The number of hydrogen-bond donors (Lipinski definition) is 1. The Balaban J connectivity index is 2.00. The summed E-state index contributed by atoms with van der Waals surface area (Å²) in [6.45, 7) is 2.83. The van der Waals surface area contributed by atoms with Crippen molar-refractivity contribution in [2.24, 2.45) is 5.73 Å². The molecule has 112 valence electrons. The number of nitrogens with two attached hydrogens (primary N) is 1. The molecule has 2 aromatic rings. The Kier molecular flexibility index (Phi) is 4.08. The van der Waals surface area contributed by atoms with Crippen LogP contribution in [0.1, 0.15) is 18.4 Å². The molecule has 0 radical (unpaired) electrons. The van der Waals surface area contributed by atoms with Gasteiger partial charge in [0.1, 0.15) is 5.82 Å². The van der Waals surface area contributed by atoms with Crippen molar-refractivity contribution in [3.63, 3.8) is 0 Å². The van der Waals surface area contributed by atoms with Gasteiger partial charge in [-0.1, -0.05) is 24.3 Å². The topological polar surface area (TPSA) is 45.4 Å². The number of likely N-dealkylation sites (tertiary alicyclic amines) is 1. The predicted octanol–water partition coefficient (Wildman–Crippen LogP) is 2.22. The van der Waals surface area contributed by atoms with Crippen molar-refractivity contribution >= 4 is 16.6 Å². The minimum absolute atomic E-state index is 0.531. The smallest absolute Gasteiger partial charge is 0.136 e. The molecule has 3 rings (SSSR count). The lowest BCUT2D eigenvalue weighted by Crippen LogP contribution is -2.45. The van der Waals surface area contributed by atoms with Crippen LogP contribution < -0.4 is 10.6 Å². The second-order valence-electron chi connectivity index (χ2n) is 6.03. The molecule has 4 nitrogen and oxygen atoms in total. The van der Waals surface area contributed by atoms with Crippen molar-refractivity contribution in [3.8, 4) is 0 Å². The van der Waals surface area contributed by atoms with E-state index in [0.29, 0.717) is 12.6 Å². The first-order chi connectivity index (χ1) is 10.2. The highest BCUT2D eigenvalue weighted by Gasteiger charge is 2.23. The Morgan fingerprint density at radius 2 is 2.10 bits per heavy atom. The van der Waals surface area contributed by atoms with Crippen LogP contribution in [0.2, 0.25) is 0 Å². The Hall–Kier alpha value is -1.65. The van der Waals surface area contributed by atoms with E-state index in [4.69, 9.17) is 10.7 Å². The molecule has 1 aliphatic heterocycles. The predicted molar refractivity (Wildman–Crippen MR) is 88.6 cm³/mol. The first-order valence-corrected chi connectivity index (χ1v) is 7.68. The molecule has 1 aromatic heterocycles. The summed E-state index contributed by atoms with van der Waals surface area (Å²) in [7, 11) is 4.36. The van der Waals surface area contributed by atoms with Crippen molar-refractivity contribution in [1.82, 2.24) is 9.88 Å². The number of nitrogens with zero attached hydrogens (tertiary/aromatic N) is 3. The highest BCUT2D eigenvalue weighted by atomic mass is 15.2. The van der Waals surface area contributed by atoms with Gasteiger partial charge < -0.3 is 15.5 Å². The molecule has 0 bridgehead atoms. The van der Waals surface area contributed by atoms with Crippen LogP contribution in [0.5, 0.6) is 0 Å². The maximum atomic E-state index is 5.84. The van der Waals surface area contributed by atoms with E-state index in [1.54, 1.807) is 0 Å². The molecule has 1 aromatic carbocycles. The van der Waals surface area contributed by atoms with E-state index in [1.165, 1.54) is 30.2 Å². The van der Waals surface area contributed by atoms with Crippen molar-refractivity contribution in [1.29, 1.82) is 0 Å². The SMILES string of the molecule is CN1CCCC(N(C)c2ncc(CN)c3ccccc23)C1. The van der Waals surface area contributed by atoms with Crippen LogP contribution in [0, 0.1) is 0 Å². The van der Waals surface area contributed by atoms with Gasteiger partial charge in [0.05, 0.1) is 0 Å². The summed E-state index contributed by atoms with van der Waals surface area (Å²) in [5, 5.41) is 2.43. The van der Waals surface area contributed by atoms with Gasteiger partial charge in [0.25, 0.3) is 0 Å². The molecule has 1 unspecified atom stereocenters. The highest BCUT2D eigenvalue weighted by molar-refractivity contribution is 5.94. The number of likely N-dealkylation sites (N-methyl/N-ethyl adjacent to an activating group) is 2. The fourth-order valence-electron chi connectivity index (χ4n) is 3.31. The maximum absolute atomic E-state index is 5.84. The standard InChI is InChI=1S/C17H24N4/c1-20-9-5-6-14(12-20)21(2)17-16-8-4-3-7-15(16)13(10-18)11-19-17/h3-4,7-8,11,14H,5-6,9-10,12,18H2,1-2H3. The Labute approximate surface area is 126 Å². The van der Waals surface area contributed by atoms with Gasteiger partial charge >= 0.3 is 0 Å². The molecule has 2 heterocycles. The molecule has 1 saturated heterocycles. The van der Waals surface area contributed by atoms with Crippen molar-refractivity contribution in [2.45, 2.75) is 25.4 Å². The molecule has 2 N–H and O–H groups in total. The van der Waals surface area contributed by atoms with E-state index in [0.717, 1.165) is 17.9 Å². The van der Waals surface area contributed by atoms with E-state index in [-0.39, 0.29) is 0 Å². The molecule has 0 spiro atoms. The first kappa shape index (κ1) is 14.3. The Bertz CT molecular complexity index is 625. The monoisotopic (exact) mass is 284 g/mol. The highest BCUT2D eigenvalue weighted by Crippen LogP contribution is 2.29. The van der Waals surface area contributed by atoms with Crippen molar-refractivity contribution in [3.05, 3.63) is 36.0 Å². The molecule has 1 aliphatic rings. The third-order valence-electron chi connectivity index (χ3n) is 4.56. The zero-order chi connectivity index (χ0) is 14.8. The lowest BCUT2D eigenvalue weighted by Gasteiger charge is -2.37. The molecule has 1 atom stereocenters. The van der Waals surface area contributed by atoms with E-state index in [2.05, 4.69) is 48.2 Å². The summed E-state index contributed by atoms with van der Waals surface area (Å²) in [6, 6.07) is 8.97. The summed E-state index contributed by atoms with van der Waals surface area (Å²) in [6.07, 6.45) is 4.42. The summed E-state index contributed by atoms with van der Waals surface area (Å²) in [5.74, 6) is 1.07. The molecule has 0 saturated carbocycles. The average molecular weight is 284 g/mol. The molecule has 21 heavy (non-hydrogen) atoms. The number of rotatable bonds is 3. The lowest BCUT2D eigenvalue weighted by molar-refractivity contribution is 0.247. The number of fused-ring (bicyclic) bond motifs is 1. The third-order valence-corrected chi connectivity index (χ3v) is 4.56. The quantitative estimate of drug-likeness (QED) is 0.939. The molecular weight excluding hydrogens is 260 g/mol. The number of hydrogen-bond acceptors (Lipinski definition) is 4. The zero-order valence-corrected chi connectivity index (χ0v) is 12.9. The number of benzene rings is 1. The van der Waals surface area contributed by atoms with Crippen LogP contribution in [0.3, 0.4) is 0 Å². The van der Waals surface area contributed by atoms with Crippen LogP contribution >= 0.6 is 0 Å². The second-order valence-corrected chi connectivity index (χ2v) is 6.03. The number of piperidine rings is 1. The van der Waals surface area contributed by atoms with E-state index >= 15 is 0 Å². The van der Waals surface area contributed by atoms with Gasteiger partial charge in [0.15, 0.2) is 0 Å². The van der Waals surface area contributed by atoms with Crippen LogP contribution in [0.15, 0.2) is 30.5 Å². The van der Waals surface area contributed by atoms with Crippen LogP contribution in [0.25, 0.3) is 10.8 Å². The molecule has 0 amide bonds. The average Bonchev–Trinajstić information content (AvgIpc) is 2.53. The van der Waals surface area contributed by atoms with E-state index in [9.17, 15) is 0 Å². The molecular formula is C17H24N4. The number of anilines is 1. The number of pyridine rings is 1.